The molecule has 2 atom stereocenters. The quantitative estimate of drug-likeness (QED) is 0.586. The van der Waals surface area contributed by atoms with Crippen molar-refractivity contribution in [2.24, 2.45) is 5.92 Å². The lowest BCUT2D eigenvalue weighted by atomic mass is 9.78. The van der Waals surface area contributed by atoms with Gasteiger partial charge in [0.15, 0.2) is 0 Å². The first-order chi connectivity index (χ1) is 14.8. The van der Waals surface area contributed by atoms with E-state index in [1.54, 1.807) is 0 Å². The number of imide groups is 1. The van der Waals surface area contributed by atoms with E-state index < -0.39 is 12.0 Å². The molecule has 7 heteroatoms. The summed E-state index contributed by atoms with van der Waals surface area (Å²) in [5.41, 5.74) is 12.4. The fourth-order valence-electron chi connectivity index (χ4n) is 4.20. The number of ether oxygens (including phenoxy) is 1. The largest absolute Gasteiger partial charge is 0.447 e. The second-order valence-electron chi connectivity index (χ2n) is 7.99. The molecule has 1 heterocycles. The first-order valence-corrected chi connectivity index (χ1v) is 10.6. The third-order valence-electron chi connectivity index (χ3n) is 6.08. The summed E-state index contributed by atoms with van der Waals surface area (Å²) in [6.45, 7) is 8.84. The van der Waals surface area contributed by atoms with Crippen molar-refractivity contribution in [1.29, 1.82) is 0 Å². The lowest BCUT2D eigenvalue weighted by Gasteiger charge is -2.29. The minimum absolute atomic E-state index is 0.0896. The number of anilines is 2. The Bertz CT molecular complexity index is 989. The molecule has 1 aliphatic heterocycles. The number of carbonyl (C=O) groups is 2. The van der Waals surface area contributed by atoms with E-state index in [0.29, 0.717) is 5.69 Å². The second-order valence-corrected chi connectivity index (χ2v) is 7.99. The number of nitrogens with two attached hydrogens (primary N) is 1. The maximum absolute atomic E-state index is 13.3. The van der Waals surface area contributed by atoms with E-state index in [0.717, 1.165) is 40.0 Å². The van der Waals surface area contributed by atoms with Crippen LogP contribution in [0.1, 0.15) is 47.6 Å². The number of nitrogens with one attached hydrogen (secondary N) is 1. The molecule has 0 aromatic heterocycles. The minimum atomic E-state index is -0.603. The predicted molar refractivity (Wildman–Crippen MR) is 121 cm³/mol. The molecule has 2 amide bonds. The number of aliphatic hydroxyl groups is 1. The zero-order valence-corrected chi connectivity index (χ0v) is 18.6. The van der Waals surface area contributed by atoms with Crippen molar-refractivity contribution in [1.82, 2.24) is 4.90 Å². The van der Waals surface area contributed by atoms with Gasteiger partial charge in [0.05, 0.1) is 24.5 Å². The fraction of sp³-hybridized carbons (Fsp3) is 0.417. The Labute approximate surface area is 183 Å². The molecule has 0 bridgehead atoms. The van der Waals surface area contributed by atoms with Crippen LogP contribution in [-0.2, 0) is 16.1 Å². The average molecular weight is 426 g/mol. The summed E-state index contributed by atoms with van der Waals surface area (Å²) in [5, 5.41) is 13.0. The van der Waals surface area contributed by atoms with Gasteiger partial charge in [-0.1, -0.05) is 31.2 Å². The molecule has 1 aliphatic rings. The molecular weight excluding hydrogens is 394 g/mol. The van der Waals surface area contributed by atoms with Gasteiger partial charge in [-0.25, -0.2) is 9.69 Å². The van der Waals surface area contributed by atoms with E-state index in [2.05, 4.69) is 5.32 Å². The molecule has 3 rings (SSSR count). The molecule has 7 nitrogen and oxygen atoms in total. The Kier molecular flexibility index (Phi) is 6.85. The Hall–Kier alpha value is -3.06. The van der Waals surface area contributed by atoms with E-state index in [-0.39, 0.29) is 31.6 Å². The van der Waals surface area contributed by atoms with Gasteiger partial charge in [-0.15, -0.1) is 0 Å². The second kappa shape index (κ2) is 9.39. The van der Waals surface area contributed by atoms with E-state index in [4.69, 9.17) is 10.5 Å². The van der Waals surface area contributed by atoms with E-state index in [9.17, 15) is 14.7 Å². The topological polar surface area (TPSA) is 105 Å². The number of nitrogens with zero attached hydrogens (tertiary/aromatic N) is 1. The van der Waals surface area contributed by atoms with Gasteiger partial charge in [-0.3, -0.25) is 4.79 Å². The molecule has 1 fully saturated rings. The number of carbonyl (C=O) groups excluding carboxylic acids is 2. The lowest BCUT2D eigenvalue weighted by Crippen LogP contribution is -2.38. The molecule has 166 valence electrons. The van der Waals surface area contributed by atoms with Gasteiger partial charge in [0.2, 0.25) is 5.91 Å². The van der Waals surface area contributed by atoms with Crippen LogP contribution in [0.2, 0.25) is 0 Å². The Morgan fingerprint density at radius 1 is 1.29 bits per heavy atom. The number of amides is 2. The van der Waals surface area contributed by atoms with Gasteiger partial charge in [-0.2, -0.15) is 0 Å². The van der Waals surface area contributed by atoms with E-state index in [1.807, 2.05) is 58.0 Å². The smallest absolute Gasteiger partial charge is 0.416 e. The summed E-state index contributed by atoms with van der Waals surface area (Å²) >= 11 is 0. The molecule has 4 N–H and O–H groups in total. The zero-order chi connectivity index (χ0) is 22.7. The molecule has 1 saturated heterocycles. The number of hydrogen-bond acceptors (Lipinski definition) is 6. The Balaban J connectivity index is 2.12. The number of nitrogen functional groups attached to an aromatic ring is 1. The summed E-state index contributed by atoms with van der Waals surface area (Å²) in [4.78, 5) is 26.5. The van der Waals surface area contributed by atoms with Gasteiger partial charge in [0, 0.05) is 18.4 Å². The van der Waals surface area contributed by atoms with Crippen molar-refractivity contribution in [2.75, 3.05) is 30.7 Å². The van der Waals surface area contributed by atoms with Crippen LogP contribution in [0.25, 0.3) is 0 Å². The lowest BCUT2D eigenvalue weighted by molar-refractivity contribution is -0.131. The van der Waals surface area contributed by atoms with Crippen molar-refractivity contribution in [3.63, 3.8) is 0 Å². The normalized spacial score (nSPS) is 15.5. The summed E-state index contributed by atoms with van der Waals surface area (Å²) in [7, 11) is 0. The maximum atomic E-state index is 13.3. The van der Waals surface area contributed by atoms with Crippen molar-refractivity contribution in [3.8, 4) is 0 Å². The molecular formula is C24H31N3O4. The van der Waals surface area contributed by atoms with Gasteiger partial charge in [0.25, 0.3) is 0 Å². The third-order valence-corrected chi connectivity index (χ3v) is 6.08. The monoisotopic (exact) mass is 425 g/mol. The first-order valence-electron chi connectivity index (χ1n) is 10.6. The number of cyclic esters (lactones) is 1. The van der Waals surface area contributed by atoms with Crippen LogP contribution in [0.5, 0.6) is 0 Å². The molecule has 2 aromatic carbocycles. The van der Waals surface area contributed by atoms with E-state index >= 15 is 0 Å². The number of rotatable bonds is 7. The van der Waals surface area contributed by atoms with Gasteiger partial charge >= 0.3 is 6.09 Å². The predicted octanol–water partition coefficient (Wildman–Crippen LogP) is 3.56. The average Bonchev–Trinajstić information content (AvgIpc) is 3.19. The Morgan fingerprint density at radius 2 is 2.03 bits per heavy atom. The van der Waals surface area contributed by atoms with Crippen LogP contribution in [0.3, 0.4) is 0 Å². The molecule has 0 spiro atoms. The van der Waals surface area contributed by atoms with Crippen LogP contribution in [-0.4, -0.2) is 41.7 Å². The summed E-state index contributed by atoms with van der Waals surface area (Å²) < 4.78 is 4.97. The van der Waals surface area contributed by atoms with Gasteiger partial charge < -0.3 is 20.9 Å². The van der Waals surface area contributed by atoms with Crippen molar-refractivity contribution >= 4 is 23.4 Å². The van der Waals surface area contributed by atoms with Gasteiger partial charge in [-0.05, 0) is 54.7 Å². The molecule has 31 heavy (non-hydrogen) atoms. The molecule has 0 radical (unpaired) electrons. The van der Waals surface area contributed by atoms with Gasteiger partial charge in [0.1, 0.15) is 6.61 Å². The van der Waals surface area contributed by atoms with Crippen LogP contribution in [0.15, 0.2) is 30.3 Å². The highest BCUT2D eigenvalue weighted by molar-refractivity contribution is 5.95. The highest BCUT2D eigenvalue weighted by atomic mass is 16.6. The van der Waals surface area contributed by atoms with Crippen LogP contribution in [0.4, 0.5) is 16.2 Å². The van der Waals surface area contributed by atoms with Crippen LogP contribution < -0.4 is 11.1 Å². The Morgan fingerprint density at radius 3 is 2.65 bits per heavy atom. The van der Waals surface area contributed by atoms with Crippen molar-refractivity contribution < 1.29 is 19.4 Å². The molecule has 0 saturated carbocycles. The highest BCUT2D eigenvalue weighted by Crippen LogP contribution is 2.39. The molecule has 1 unspecified atom stereocenters. The number of aryl methyl sites for hydroxylation is 1. The fourth-order valence-corrected chi connectivity index (χ4v) is 4.20. The number of benzene rings is 2. The third kappa shape index (κ3) is 4.37. The molecule has 0 aliphatic carbocycles. The summed E-state index contributed by atoms with van der Waals surface area (Å²) in [5.74, 6) is -1.17. The van der Waals surface area contributed by atoms with Crippen molar-refractivity contribution in [2.45, 2.75) is 40.2 Å². The number of aliphatic hydroxyl groups excluding tert-OH is 1. The maximum Gasteiger partial charge on any atom is 0.416 e. The van der Waals surface area contributed by atoms with Crippen molar-refractivity contribution in [3.05, 3.63) is 58.1 Å². The standard InChI is InChI=1S/C24H31N3O4/c1-5-26-20-9-8-19(15(3)22(20)25)21(17-7-6-14(2)18(12-17)13-28)16(4)23(29)27-10-11-31-24(27)30/h6-9,12,16,21,26,28H,5,10-11,13,25H2,1-4H3/t16?,21-/m0/s1. The minimum Gasteiger partial charge on any atom is -0.447 e. The SMILES string of the molecule is CCNc1ccc([C@H](c2ccc(C)c(CO)c2)C(C)C(=O)N2CCOC2=O)c(C)c1N. The highest BCUT2D eigenvalue weighted by Gasteiger charge is 2.37. The molecule has 2 aromatic rings. The van der Waals surface area contributed by atoms with Crippen LogP contribution >= 0.6 is 0 Å². The summed E-state index contributed by atoms with van der Waals surface area (Å²) in [6.07, 6.45) is -0.603. The zero-order valence-electron chi connectivity index (χ0n) is 18.6. The number of hydrogen-bond donors (Lipinski definition) is 3. The first kappa shape index (κ1) is 22.6. The summed E-state index contributed by atoms with van der Waals surface area (Å²) in [6, 6.07) is 9.76. The van der Waals surface area contributed by atoms with Crippen LogP contribution in [0, 0.1) is 19.8 Å². The van der Waals surface area contributed by atoms with E-state index in [1.165, 1.54) is 4.90 Å².